The van der Waals surface area contributed by atoms with Crippen LogP contribution in [-0.2, 0) is 4.79 Å². The molecule has 1 atom stereocenters. The summed E-state index contributed by atoms with van der Waals surface area (Å²) < 4.78 is 12.3. The molecule has 6 heteroatoms. The number of hydrogen-bond donors (Lipinski definition) is 1. The Bertz CT molecular complexity index is 936. The van der Waals surface area contributed by atoms with Crippen LogP contribution in [0.2, 0.25) is 0 Å². The molecule has 0 aliphatic heterocycles. The largest absolute Gasteiger partial charge is 0.494 e. The van der Waals surface area contributed by atoms with Crippen molar-refractivity contribution in [1.29, 1.82) is 0 Å². The molecule has 0 aliphatic rings. The number of carbonyl (C=O) groups is 1. The average molecular weight is 370 g/mol. The summed E-state index contributed by atoms with van der Waals surface area (Å²) in [6.07, 6.45) is -0.624. The number of hydrogen-bond acceptors (Lipinski definition) is 5. The number of anilines is 1. The van der Waals surface area contributed by atoms with E-state index in [1.165, 1.54) is 11.3 Å². The predicted octanol–water partition coefficient (Wildman–Crippen LogP) is 4.72. The second kappa shape index (κ2) is 7.74. The van der Waals surface area contributed by atoms with Crippen molar-refractivity contribution in [3.8, 4) is 11.5 Å². The molecule has 1 aromatic heterocycles. The van der Waals surface area contributed by atoms with Crippen molar-refractivity contribution in [2.45, 2.75) is 33.8 Å². The summed E-state index contributed by atoms with van der Waals surface area (Å²) in [5, 5.41) is 3.39. The highest BCUT2D eigenvalue weighted by Crippen LogP contribution is 2.29. The van der Waals surface area contributed by atoms with E-state index >= 15 is 0 Å². The molecule has 0 fully saturated rings. The highest BCUT2D eigenvalue weighted by Gasteiger charge is 2.18. The molecule has 1 unspecified atom stereocenters. The van der Waals surface area contributed by atoms with E-state index in [0.717, 1.165) is 32.8 Å². The van der Waals surface area contributed by atoms with Gasteiger partial charge in [-0.1, -0.05) is 23.5 Å². The zero-order valence-corrected chi connectivity index (χ0v) is 16.1. The molecule has 1 heterocycles. The molecule has 3 rings (SSSR count). The normalized spacial score (nSPS) is 12.0. The first-order valence-electron chi connectivity index (χ1n) is 8.55. The smallest absolute Gasteiger partial charge is 0.266 e. The number of fused-ring (bicyclic) bond motifs is 1. The van der Waals surface area contributed by atoms with Crippen LogP contribution >= 0.6 is 11.3 Å². The zero-order chi connectivity index (χ0) is 18.7. The zero-order valence-electron chi connectivity index (χ0n) is 15.3. The van der Waals surface area contributed by atoms with Gasteiger partial charge in [0.15, 0.2) is 11.2 Å². The second-order valence-electron chi connectivity index (χ2n) is 6.03. The van der Waals surface area contributed by atoms with Crippen molar-refractivity contribution < 1.29 is 14.3 Å². The molecule has 5 nitrogen and oxygen atoms in total. The number of rotatable bonds is 6. The summed E-state index contributed by atoms with van der Waals surface area (Å²) in [4.78, 5) is 16.9. The number of aromatic nitrogens is 1. The Labute approximate surface area is 157 Å². The highest BCUT2D eigenvalue weighted by molar-refractivity contribution is 7.22. The molecule has 0 aliphatic carbocycles. The third-order valence-corrected chi connectivity index (χ3v) is 5.06. The van der Waals surface area contributed by atoms with E-state index < -0.39 is 6.10 Å². The molecule has 0 saturated heterocycles. The Morgan fingerprint density at radius 2 is 2.08 bits per heavy atom. The molecular formula is C20H22N2O3S. The Hall–Kier alpha value is -2.60. The minimum absolute atomic E-state index is 0.227. The van der Waals surface area contributed by atoms with Gasteiger partial charge in [-0.3, -0.25) is 10.1 Å². The van der Waals surface area contributed by atoms with Gasteiger partial charge in [-0.05, 0) is 63.1 Å². The van der Waals surface area contributed by atoms with Gasteiger partial charge in [0.25, 0.3) is 5.91 Å². The van der Waals surface area contributed by atoms with E-state index in [1.807, 2.05) is 57.2 Å². The second-order valence-corrected chi connectivity index (χ2v) is 7.06. The maximum atomic E-state index is 12.5. The first-order valence-corrected chi connectivity index (χ1v) is 9.36. The fraction of sp³-hybridized carbons (Fsp3) is 0.300. The van der Waals surface area contributed by atoms with Crippen molar-refractivity contribution in [3.63, 3.8) is 0 Å². The SMILES string of the molecule is CCOc1ccc2nc(NC(=O)C(C)Oc3cccc(C)c3C)sc2c1. The lowest BCUT2D eigenvalue weighted by atomic mass is 10.1. The van der Waals surface area contributed by atoms with Gasteiger partial charge in [0.2, 0.25) is 0 Å². The molecule has 0 spiro atoms. The van der Waals surface area contributed by atoms with Crippen LogP contribution in [0.15, 0.2) is 36.4 Å². The van der Waals surface area contributed by atoms with Gasteiger partial charge >= 0.3 is 0 Å². The van der Waals surface area contributed by atoms with Crippen LogP contribution in [0.25, 0.3) is 10.2 Å². The molecule has 0 bridgehead atoms. The van der Waals surface area contributed by atoms with Crippen LogP contribution in [0.4, 0.5) is 5.13 Å². The number of benzene rings is 2. The average Bonchev–Trinajstić information content (AvgIpc) is 3.00. The van der Waals surface area contributed by atoms with Crippen molar-refractivity contribution in [1.82, 2.24) is 4.98 Å². The Morgan fingerprint density at radius 3 is 2.85 bits per heavy atom. The summed E-state index contributed by atoms with van der Waals surface area (Å²) in [7, 11) is 0. The van der Waals surface area contributed by atoms with Crippen LogP contribution in [-0.4, -0.2) is 23.6 Å². The molecule has 0 radical (unpaired) electrons. The van der Waals surface area contributed by atoms with E-state index in [4.69, 9.17) is 9.47 Å². The number of aryl methyl sites for hydroxylation is 1. The van der Waals surface area contributed by atoms with Gasteiger partial charge in [0.1, 0.15) is 11.5 Å². The fourth-order valence-corrected chi connectivity index (χ4v) is 3.41. The summed E-state index contributed by atoms with van der Waals surface area (Å²) >= 11 is 1.42. The monoisotopic (exact) mass is 370 g/mol. The summed E-state index contributed by atoms with van der Waals surface area (Å²) in [6.45, 7) is 8.29. The van der Waals surface area contributed by atoms with E-state index in [2.05, 4.69) is 10.3 Å². The molecular weight excluding hydrogens is 348 g/mol. The maximum absolute atomic E-state index is 12.5. The molecule has 0 saturated carbocycles. The van der Waals surface area contributed by atoms with E-state index in [-0.39, 0.29) is 5.91 Å². The first-order chi connectivity index (χ1) is 12.5. The summed E-state index contributed by atoms with van der Waals surface area (Å²) in [6, 6.07) is 11.5. The van der Waals surface area contributed by atoms with Crippen LogP contribution in [0, 0.1) is 13.8 Å². The molecule has 1 amide bonds. The van der Waals surface area contributed by atoms with Crippen molar-refractivity contribution in [2.24, 2.45) is 0 Å². The van der Waals surface area contributed by atoms with Crippen LogP contribution in [0.1, 0.15) is 25.0 Å². The van der Waals surface area contributed by atoms with Crippen molar-refractivity contribution in [3.05, 3.63) is 47.5 Å². The van der Waals surface area contributed by atoms with Gasteiger partial charge in [-0.2, -0.15) is 0 Å². The van der Waals surface area contributed by atoms with E-state index in [9.17, 15) is 4.79 Å². The summed E-state index contributed by atoms with van der Waals surface area (Å²) in [5.41, 5.74) is 3.00. The molecule has 2 aromatic carbocycles. The lowest BCUT2D eigenvalue weighted by Gasteiger charge is -2.16. The number of nitrogens with one attached hydrogen (secondary N) is 1. The van der Waals surface area contributed by atoms with Gasteiger partial charge in [-0.25, -0.2) is 4.98 Å². The maximum Gasteiger partial charge on any atom is 0.266 e. The molecule has 26 heavy (non-hydrogen) atoms. The quantitative estimate of drug-likeness (QED) is 0.682. The van der Waals surface area contributed by atoms with Crippen molar-refractivity contribution >= 4 is 32.6 Å². The molecule has 136 valence electrons. The third-order valence-electron chi connectivity index (χ3n) is 4.13. The Balaban J connectivity index is 1.70. The number of carbonyl (C=O) groups excluding carboxylic acids is 1. The Morgan fingerprint density at radius 1 is 1.27 bits per heavy atom. The van der Waals surface area contributed by atoms with E-state index in [1.54, 1.807) is 6.92 Å². The van der Waals surface area contributed by atoms with Gasteiger partial charge in [0, 0.05) is 0 Å². The number of amides is 1. The Kier molecular flexibility index (Phi) is 5.42. The predicted molar refractivity (Wildman–Crippen MR) is 105 cm³/mol. The first kappa shape index (κ1) is 18.2. The van der Waals surface area contributed by atoms with Gasteiger partial charge < -0.3 is 9.47 Å². The van der Waals surface area contributed by atoms with Gasteiger partial charge in [-0.15, -0.1) is 0 Å². The van der Waals surface area contributed by atoms with Crippen molar-refractivity contribution in [2.75, 3.05) is 11.9 Å². The minimum atomic E-state index is -0.624. The molecule has 1 N–H and O–H groups in total. The number of thiazole rings is 1. The number of nitrogens with zero attached hydrogens (tertiary/aromatic N) is 1. The minimum Gasteiger partial charge on any atom is -0.494 e. The van der Waals surface area contributed by atoms with Crippen LogP contribution < -0.4 is 14.8 Å². The third kappa shape index (κ3) is 3.96. The summed E-state index contributed by atoms with van der Waals surface area (Å²) in [5.74, 6) is 1.29. The highest BCUT2D eigenvalue weighted by atomic mass is 32.1. The fourth-order valence-electron chi connectivity index (χ4n) is 2.52. The van der Waals surface area contributed by atoms with Crippen LogP contribution in [0.3, 0.4) is 0 Å². The van der Waals surface area contributed by atoms with E-state index in [0.29, 0.717) is 11.7 Å². The molecule has 3 aromatic rings. The van der Waals surface area contributed by atoms with Crippen LogP contribution in [0.5, 0.6) is 11.5 Å². The lowest BCUT2D eigenvalue weighted by Crippen LogP contribution is -2.30. The number of ether oxygens (including phenoxy) is 2. The van der Waals surface area contributed by atoms with Gasteiger partial charge in [0.05, 0.1) is 16.8 Å². The lowest BCUT2D eigenvalue weighted by molar-refractivity contribution is -0.122. The topological polar surface area (TPSA) is 60.5 Å². The standard InChI is InChI=1S/C20H22N2O3S/c1-5-24-15-9-10-16-18(11-15)26-20(21-16)22-19(23)14(4)25-17-8-6-7-12(2)13(17)3/h6-11,14H,5H2,1-4H3,(H,21,22,23).